The number of anilines is 2. The summed E-state index contributed by atoms with van der Waals surface area (Å²) in [5, 5.41) is 6.25. The molecule has 0 saturated carbocycles. The number of benzene rings is 1. The van der Waals surface area contributed by atoms with Gasteiger partial charge in [0.1, 0.15) is 5.82 Å². The molecule has 4 nitrogen and oxygen atoms in total. The van der Waals surface area contributed by atoms with Crippen molar-refractivity contribution in [1.29, 1.82) is 0 Å². The standard InChI is InChI=1S/C15H15BrClN3O/c1-3-11-6-9(7-14(18-2)19-11)15(21)20-13-5-4-10(16)8-12(13)17/h4-8H,3H2,1-2H3,(H,18,19)(H,20,21). The summed E-state index contributed by atoms with van der Waals surface area (Å²) in [4.78, 5) is 16.7. The summed E-state index contributed by atoms with van der Waals surface area (Å²) in [6.07, 6.45) is 0.759. The van der Waals surface area contributed by atoms with Gasteiger partial charge in [0.05, 0.1) is 10.7 Å². The first-order valence-electron chi connectivity index (χ1n) is 6.48. The van der Waals surface area contributed by atoms with Crippen molar-refractivity contribution in [2.24, 2.45) is 0 Å². The molecule has 0 atom stereocenters. The van der Waals surface area contributed by atoms with Gasteiger partial charge in [0.2, 0.25) is 0 Å². The second-order valence-electron chi connectivity index (χ2n) is 4.41. The SMILES string of the molecule is CCc1cc(C(=O)Nc2ccc(Br)cc2Cl)cc(NC)n1. The van der Waals surface area contributed by atoms with Crippen LogP contribution >= 0.6 is 27.5 Å². The van der Waals surface area contributed by atoms with Crippen LogP contribution in [0.3, 0.4) is 0 Å². The summed E-state index contributed by atoms with van der Waals surface area (Å²) in [7, 11) is 1.77. The lowest BCUT2D eigenvalue weighted by molar-refractivity contribution is 0.102. The summed E-state index contributed by atoms with van der Waals surface area (Å²) >= 11 is 9.44. The van der Waals surface area contributed by atoms with E-state index in [4.69, 9.17) is 11.6 Å². The number of carbonyl (C=O) groups excluding carboxylic acids is 1. The van der Waals surface area contributed by atoms with Crippen LogP contribution in [0.1, 0.15) is 23.0 Å². The third kappa shape index (κ3) is 3.95. The van der Waals surface area contributed by atoms with E-state index in [1.807, 2.05) is 13.0 Å². The van der Waals surface area contributed by atoms with E-state index in [9.17, 15) is 4.79 Å². The zero-order valence-electron chi connectivity index (χ0n) is 11.7. The summed E-state index contributed by atoms with van der Waals surface area (Å²) in [6, 6.07) is 8.81. The Balaban J connectivity index is 2.27. The molecule has 0 aliphatic carbocycles. The highest BCUT2D eigenvalue weighted by molar-refractivity contribution is 9.10. The summed E-state index contributed by atoms with van der Waals surface area (Å²) < 4.78 is 0.861. The summed E-state index contributed by atoms with van der Waals surface area (Å²) in [6.45, 7) is 2.00. The van der Waals surface area contributed by atoms with Gasteiger partial charge in [-0.15, -0.1) is 0 Å². The maximum Gasteiger partial charge on any atom is 0.255 e. The minimum Gasteiger partial charge on any atom is -0.373 e. The first kappa shape index (κ1) is 15.8. The number of carbonyl (C=O) groups is 1. The van der Waals surface area contributed by atoms with E-state index in [-0.39, 0.29) is 5.91 Å². The topological polar surface area (TPSA) is 54.0 Å². The predicted molar refractivity (Wildman–Crippen MR) is 90.3 cm³/mol. The molecule has 0 fully saturated rings. The molecule has 0 saturated heterocycles. The Labute approximate surface area is 137 Å². The number of aromatic nitrogens is 1. The van der Waals surface area contributed by atoms with Crippen LogP contribution in [0.5, 0.6) is 0 Å². The molecule has 0 spiro atoms. The predicted octanol–water partition coefficient (Wildman–Crippen LogP) is 4.35. The van der Waals surface area contributed by atoms with E-state index >= 15 is 0 Å². The van der Waals surface area contributed by atoms with Crippen LogP contribution in [0.2, 0.25) is 5.02 Å². The first-order chi connectivity index (χ1) is 10.0. The molecule has 0 aliphatic rings. The minimum absolute atomic E-state index is 0.215. The normalized spacial score (nSPS) is 10.3. The number of hydrogen-bond acceptors (Lipinski definition) is 3. The van der Waals surface area contributed by atoms with Gasteiger partial charge in [-0.2, -0.15) is 0 Å². The number of halogens is 2. The van der Waals surface area contributed by atoms with Crippen molar-refractivity contribution in [2.75, 3.05) is 17.7 Å². The Morgan fingerprint density at radius 3 is 2.71 bits per heavy atom. The molecule has 2 aromatic rings. The molecular formula is C15H15BrClN3O. The van der Waals surface area contributed by atoms with E-state index in [2.05, 4.69) is 31.5 Å². The monoisotopic (exact) mass is 367 g/mol. The van der Waals surface area contributed by atoms with Crippen LogP contribution < -0.4 is 10.6 Å². The maximum atomic E-state index is 12.4. The van der Waals surface area contributed by atoms with Gasteiger partial charge in [0.25, 0.3) is 5.91 Å². The fourth-order valence-corrected chi connectivity index (χ4v) is 2.53. The average Bonchev–Trinajstić information content (AvgIpc) is 2.49. The largest absolute Gasteiger partial charge is 0.373 e. The van der Waals surface area contributed by atoms with Crippen LogP contribution in [0, 0.1) is 0 Å². The molecule has 0 unspecified atom stereocenters. The van der Waals surface area contributed by atoms with Gasteiger partial charge in [-0.05, 0) is 36.8 Å². The minimum atomic E-state index is -0.215. The van der Waals surface area contributed by atoms with E-state index in [1.54, 1.807) is 31.3 Å². The molecule has 6 heteroatoms. The molecule has 0 radical (unpaired) electrons. The Morgan fingerprint density at radius 1 is 1.33 bits per heavy atom. The molecule has 21 heavy (non-hydrogen) atoms. The summed E-state index contributed by atoms with van der Waals surface area (Å²) in [5.41, 5.74) is 1.98. The maximum absolute atomic E-state index is 12.4. The van der Waals surface area contributed by atoms with Crippen LogP contribution in [0.25, 0.3) is 0 Å². The highest BCUT2D eigenvalue weighted by Crippen LogP contribution is 2.26. The van der Waals surface area contributed by atoms with Gasteiger partial charge >= 0.3 is 0 Å². The molecule has 110 valence electrons. The van der Waals surface area contributed by atoms with Gasteiger partial charge < -0.3 is 10.6 Å². The summed E-state index contributed by atoms with van der Waals surface area (Å²) in [5.74, 6) is 0.453. The number of hydrogen-bond donors (Lipinski definition) is 2. The fourth-order valence-electron chi connectivity index (χ4n) is 1.81. The second-order valence-corrected chi connectivity index (χ2v) is 5.74. The van der Waals surface area contributed by atoms with Crippen LogP contribution in [-0.4, -0.2) is 17.9 Å². The van der Waals surface area contributed by atoms with Gasteiger partial charge in [0, 0.05) is 22.8 Å². The van der Waals surface area contributed by atoms with Crippen molar-refractivity contribution in [2.45, 2.75) is 13.3 Å². The van der Waals surface area contributed by atoms with Crippen molar-refractivity contribution in [1.82, 2.24) is 4.98 Å². The zero-order valence-corrected chi connectivity index (χ0v) is 14.0. The van der Waals surface area contributed by atoms with Crippen LogP contribution in [0.15, 0.2) is 34.8 Å². The highest BCUT2D eigenvalue weighted by Gasteiger charge is 2.11. The Bertz CT molecular complexity index is 654. The Morgan fingerprint density at radius 2 is 2.10 bits per heavy atom. The molecule has 0 aliphatic heterocycles. The molecule has 0 bridgehead atoms. The highest BCUT2D eigenvalue weighted by atomic mass is 79.9. The van der Waals surface area contributed by atoms with Crippen molar-refractivity contribution in [3.05, 3.63) is 51.1 Å². The van der Waals surface area contributed by atoms with E-state index in [0.717, 1.165) is 16.6 Å². The second kappa shape index (κ2) is 6.91. The lowest BCUT2D eigenvalue weighted by Crippen LogP contribution is -2.13. The number of pyridine rings is 1. The third-order valence-corrected chi connectivity index (χ3v) is 3.74. The van der Waals surface area contributed by atoms with E-state index < -0.39 is 0 Å². The molecule has 1 aromatic carbocycles. The Kier molecular flexibility index (Phi) is 5.20. The lowest BCUT2D eigenvalue weighted by Gasteiger charge is -2.10. The van der Waals surface area contributed by atoms with E-state index in [1.165, 1.54) is 0 Å². The zero-order chi connectivity index (χ0) is 15.4. The lowest BCUT2D eigenvalue weighted by atomic mass is 10.1. The number of nitrogens with zero attached hydrogens (tertiary/aromatic N) is 1. The van der Waals surface area contributed by atoms with Crippen LogP contribution in [0.4, 0.5) is 11.5 Å². The Hall–Kier alpha value is -1.59. The molecule has 2 rings (SSSR count). The van der Waals surface area contributed by atoms with Gasteiger partial charge in [-0.1, -0.05) is 34.5 Å². The smallest absolute Gasteiger partial charge is 0.255 e. The molecule has 1 heterocycles. The average molecular weight is 369 g/mol. The van der Waals surface area contributed by atoms with Crippen molar-refractivity contribution >= 4 is 44.9 Å². The van der Waals surface area contributed by atoms with E-state index in [0.29, 0.717) is 22.1 Å². The fraction of sp³-hybridized carbons (Fsp3) is 0.200. The van der Waals surface area contributed by atoms with Crippen LogP contribution in [-0.2, 0) is 6.42 Å². The number of amides is 1. The molecule has 2 N–H and O–H groups in total. The first-order valence-corrected chi connectivity index (χ1v) is 7.65. The van der Waals surface area contributed by atoms with Gasteiger partial charge in [0.15, 0.2) is 0 Å². The number of aryl methyl sites for hydroxylation is 1. The molecular weight excluding hydrogens is 354 g/mol. The number of rotatable bonds is 4. The van der Waals surface area contributed by atoms with Gasteiger partial charge in [-0.3, -0.25) is 4.79 Å². The van der Waals surface area contributed by atoms with Crippen molar-refractivity contribution < 1.29 is 4.79 Å². The molecule has 1 amide bonds. The third-order valence-electron chi connectivity index (χ3n) is 2.94. The van der Waals surface area contributed by atoms with Crippen molar-refractivity contribution in [3.8, 4) is 0 Å². The number of nitrogens with one attached hydrogen (secondary N) is 2. The van der Waals surface area contributed by atoms with Gasteiger partial charge in [-0.25, -0.2) is 4.98 Å². The quantitative estimate of drug-likeness (QED) is 0.843. The molecule has 1 aromatic heterocycles. The van der Waals surface area contributed by atoms with Crippen molar-refractivity contribution in [3.63, 3.8) is 0 Å².